The maximum Gasteiger partial charge on any atom is 0.330 e. The van der Waals surface area contributed by atoms with Crippen molar-refractivity contribution in [2.45, 2.75) is 44.1 Å². The van der Waals surface area contributed by atoms with Gasteiger partial charge < -0.3 is 15.7 Å². The number of nitrogens with one attached hydrogen (secondary N) is 2. The molecule has 2 unspecified atom stereocenters. The summed E-state index contributed by atoms with van der Waals surface area (Å²) in [6.45, 7) is 2.03. The zero-order valence-electron chi connectivity index (χ0n) is 15.9. The lowest BCUT2D eigenvalue weighted by Gasteiger charge is -2.26. The van der Waals surface area contributed by atoms with Crippen LogP contribution in [0.15, 0.2) is 40.9 Å². The monoisotopic (exact) mass is 456 g/mol. The molecule has 3 N–H and O–H groups in total. The largest absolute Gasteiger partial charge is 0.479 e. The fourth-order valence-electron chi connectivity index (χ4n) is 4.24. The molecule has 150 valence electrons. The van der Waals surface area contributed by atoms with Gasteiger partial charge in [0.05, 0.1) is 5.92 Å². The number of carbonyl (C=O) groups excluding carboxylic acids is 2. The lowest BCUT2D eigenvalue weighted by atomic mass is 9.92. The number of hydrogen-bond acceptors (Lipinski definition) is 3. The van der Waals surface area contributed by atoms with Gasteiger partial charge in [-0.2, -0.15) is 0 Å². The lowest BCUT2D eigenvalue weighted by molar-refractivity contribution is -0.147. The topological polar surface area (TPSA) is 95.5 Å². The predicted molar refractivity (Wildman–Crippen MR) is 112 cm³/mol. The van der Waals surface area contributed by atoms with Crippen LogP contribution < -0.4 is 10.6 Å². The van der Waals surface area contributed by atoms with Crippen LogP contribution in [0, 0.1) is 0 Å². The number of halogens is 1. The van der Waals surface area contributed by atoms with Gasteiger partial charge in [-0.05, 0) is 46.9 Å². The van der Waals surface area contributed by atoms with Crippen molar-refractivity contribution >= 4 is 39.4 Å². The standard InChI is InChI=1S/C22H21BrN2O4/c1-2-12-3-6-18-16(7-12)17(20(27)24-18)9-19(26)25-22(21(28)29)10-13-4-5-15(23)8-14(13)11-22/h3-8,17H,2,9-11H2,1H3,(H,24,27)(H,25,26)(H,28,29). The van der Waals surface area contributed by atoms with Gasteiger partial charge >= 0.3 is 5.97 Å². The molecule has 0 fully saturated rings. The molecule has 6 nitrogen and oxygen atoms in total. The summed E-state index contributed by atoms with van der Waals surface area (Å²) in [7, 11) is 0. The second-order valence-electron chi connectivity index (χ2n) is 7.72. The van der Waals surface area contributed by atoms with E-state index in [1.807, 2.05) is 43.3 Å². The predicted octanol–water partition coefficient (Wildman–Crippen LogP) is 3.18. The summed E-state index contributed by atoms with van der Waals surface area (Å²) in [6.07, 6.45) is 1.19. The number of anilines is 1. The zero-order valence-corrected chi connectivity index (χ0v) is 17.5. The average molecular weight is 457 g/mol. The van der Waals surface area contributed by atoms with Crippen molar-refractivity contribution in [2.24, 2.45) is 0 Å². The Morgan fingerprint density at radius 2 is 1.97 bits per heavy atom. The molecule has 7 heteroatoms. The quantitative estimate of drug-likeness (QED) is 0.643. The highest BCUT2D eigenvalue weighted by Crippen LogP contribution is 2.37. The number of rotatable bonds is 5. The summed E-state index contributed by atoms with van der Waals surface area (Å²) in [5, 5.41) is 15.4. The van der Waals surface area contributed by atoms with E-state index >= 15 is 0 Å². The third-order valence-corrected chi connectivity index (χ3v) is 6.30. The third kappa shape index (κ3) is 3.55. The number of carbonyl (C=O) groups is 3. The molecule has 0 bridgehead atoms. The Labute approximate surface area is 176 Å². The van der Waals surface area contributed by atoms with Gasteiger partial charge in [-0.15, -0.1) is 0 Å². The zero-order chi connectivity index (χ0) is 20.8. The molecule has 0 aromatic heterocycles. The molecule has 0 radical (unpaired) electrons. The van der Waals surface area contributed by atoms with Gasteiger partial charge in [0.25, 0.3) is 0 Å². The van der Waals surface area contributed by atoms with Gasteiger partial charge in [-0.25, -0.2) is 4.79 Å². The van der Waals surface area contributed by atoms with Gasteiger partial charge in [-0.3, -0.25) is 9.59 Å². The fourth-order valence-corrected chi connectivity index (χ4v) is 4.65. The number of benzene rings is 2. The molecular formula is C22H21BrN2O4. The Hall–Kier alpha value is -2.67. The third-order valence-electron chi connectivity index (χ3n) is 5.80. The summed E-state index contributed by atoms with van der Waals surface area (Å²) >= 11 is 3.40. The second kappa shape index (κ2) is 7.30. The average Bonchev–Trinajstić information content (AvgIpc) is 3.19. The normalized spacial score (nSPS) is 22.0. The van der Waals surface area contributed by atoms with Crippen molar-refractivity contribution in [3.05, 3.63) is 63.1 Å². The molecule has 1 aliphatic carbocycles. The first-order valence-corrected chi connectivity index (χ1v) is 10.4. The van der Waals surface area contributed by atoms with E-state index in [-0.39, 0.29) is 25.2 Å². The number of carboxylic acid groups (broad SMARTS) is 1. The fraction of sp³-hybridized carbons (Fsp3) is 0.318. The van der Waals surface area contributed by atoms with Crippen LogP contribution in [0.5, 0.6) is 0 Å². The number of carboxylic acids is 1. The van der Waals surface area contributed by atoms with E-state index in [2.05, 4.69) is 26.6 Å². The van der Waals surface area contributed by atoms with Crippen LogP contribution in [0.25, 0.3) is 0 Å². The summed E-state index contributed by atoms with van der Waals surface area (Å²) < 4.78 is 0.870. The summed E-state index contributed by atoms with van der Waals surface area (Å²) in [5.74, 6) is -2.34. The molecule has 2 atom stereocenters. The van der Waals surface area contributed by atoms with Gasteiger partial charge in [0, 0.05) is 29.4 Å². The molecule has 2 amide bonds. The molecule has 0 saturated heterocycles. The summed E-state index contributed by atoms with van der Waals surface area (Å²) in [4.78, 5) is 37.3. The SMILES string of the molecule is CCc1ccc2c(c1)C(CC(=O)NC1(C(=O)O)Cc3ccc(Br)cc3C1)C(=O)N2. The van der Waals surface area contributed by atoms with Gasteiger partial charge in [0.15, 0.2) is 0 Å². The number of amides is 2. The highest BCUT2D eigenvalue weighted by molar-refractivity contribution is 9.10. The Balaban J connectivity index is 1.54. The first-order valence-electron chi connectivity index (χ1n) is 9.57. The minimum absolute atomic E-state index is 0.0823. The van der Waals surface area contributed by atoms with Crippen molar-refractivity contribution < 1.29 is 19.5 Å². The molecule has 2 aromatic rings. The molecule has 2 aromatic carbocycles. The van der Waals surface area contributed by atoms with Crippen molar-refractivity contribution in [2.75, 3.05) is 5.32 Å². The maximum absolute atomic E-state index is 12.8. The van der Waals surface area contributed by atoms with Crippen LogP contribution in [-0.4, -0.2) is 28.4 Å². The van der Waals surface area contributed by atoms with Crippen molar-refractivity contribution in [1.29, 1.82) is 0 Å². The first-order chi connectivity index (χ1) is 13.8. The number of fused-ring (bicyclic) bond motifs is 2. The van der Waals surface area contributed by atoms with Crippen LogP contribution in [0.3, 0.4) is 0 Å². The van der Waals surface area contributed by atoms with E-state index in [1.165, 1.54) is 0 Å². The highest BCUT2D eigenvalue weighted by Gasteiger charge is 2.46. The van der Waals surface area contributed by atoms with E-state index < -0.39 is 23.3 Å². The van der Waals surface area contributed by atoms with E-state index in [0.717, 1.165) is 38.8 Å². The van der Waals surface area contributed by atoms with Gasteiger partial charge in [0.1, 0.15) is 5.54 Å². The van der Waals surface area contributed by atoms with Crippen LogP contribution in [-0.2, 0) is 33.6 Å². The van der Waals surface area contributed by atoms with Crippen LogP contribution in [0.1, 0.15) is 41.5 Å². The Morgan fingerprint density at radius 1 is 1.21 bits per heavy atom. The minimum Gasteiger partial charge on any atom is -0.479 e. The van der Waals surface area contributed by atoms with Crippen LogP contribution >= 0.6 is 15.9 Å². The molecule has 2 aliphatic rings. The number of aryl methyl sites for hydroxylation is 1. The number of aliphatic carboxylic acids is 1. The minimum atomic E-state index is -1.39. The van der Waals surface area contributed by atoms with E-state index in [4.69, 9.17) is 0 Å². The van der Waals surface area contributed by atoms with E-state index in [1.54, 1.807) is 0 Å². The molecule has 0 saturated carbocycles. The lowest BCUT2D eigenvalue weighted by Crippen LogP contribution is -2.55. The second-order valence-corrected chi connectivity index (χ2v) is 8.64. The molecule has 4 rings (SSSR count). The van der Waals surface area contributed by atoms with Crippen molar-refractivity contribution in [3.8, 4) is 0 Å². The first kappa shape index (κ1) is 19.6. The van der Waals surface area contributed by atoms with E-state index in [9.17, 15) is 19.5 Å². The van der Waals surface area contributed by atoms with Crippen molar-refractivity contribution in [1.82, 2.24) is 5.32 Å². The van der Waals surface area contributed by atoms with Crippen LogP contribution in [0.2, 0.25) is 0 Å². The molecule has 29 heavy (non-hydrogen) atoms. The summed E-state index contributed by atoms with van der Waals surface area (Å²) in [5.41, 5.74) is 3.03. The Morgan fingerprint density at radius 3 is 2.69 bits per heavy atom. The molecular weight excluding hydrogens is 436 g/mol. The number of hydrogen-bond donors (Lipinski definition) is 3. The summed E-state index contributed by atoms with van der Waals surface area (Å²) in [6, 6.07) is 11.4. The highest BCUT2D eigenvalue weighted by atomic mass is 79.9. The van der Waals surface area contributed by atoms with Gasteiger partial charge in [0.2, 0.25) is 11.8 Å². The Kier molecular flexibility index (Phi) is 4.94. The smallest absolute Gasteiger partial charge is 0.330 e. The Bertz CT molecular complexity index is 1040. The van der Waals surface area contributed by atoms with E-state index in [0.29, 0.717) is 0 Å². The van der Waals surface area contributed by atoms with Crippen LogP contribution in [0.4, 0.5) is 5.69 Å². The molecule has 0 spiro atoms. The van der Waals surface area contributed by atoms with Crippen molar-refractivity contribution in [3.63, 3.8) is 0 Å². The molecule has 1 aliphatic heterocycles. The van der Waals surface area contributed by atoms with Gasteiger partial charge in [-0.1, -0.05) is 41.1 Å². The molecule has 1 heterocycles. The maximum atomic E-state index is 12.8.